The highest BCUT2D eigenvalue weighted by molar-refractivity contribution is 7.90. The highest BCUT2D eigenvalue weighted by atomic mass is 35.5. The van der Waals surface area contributed by atoms with E-state index in [0.29, 0.717) is 37.1 Å². The smallest absolute Gasteiger partial charge is 0.325 e. The third-order valence-corrected chi connectivity index (χ3v) is 10.7. The minimum absolute atomic E-state index is 0.130. The van der Waals surface area contributed by atoms with Gasteiger partial charge in [-0.05, 0) is 61.1 Å². The number of halogens is 4. The summed E-state index contributed by atoms with van der Waals surface area (Å²) in [5.74, 6) is 0.714. The van der Waals surface area contributed by atoms with Gasteiger partial charge in [0, 0.05) is 41.1 Å². The number of benzene rings is 2. The minimum atomic E-state index is -5.37. The zero-order valence-corrected chi connectivity index (χ0v) is 23.4. The number of aromatic nitrogens is 3. The number of alkyl halides is 3. The minimum Gasteiger partial charge on any atom is -0.325 e. The fourth-order valence-electron chi connectivity index (χ4n) is 6.33. The van der Waals surface area contributed by atoms with Gasteiger partial charge in [-0.2, -0.15) is 17.5 Å². The number of fused-ring (bicyclic) bond motifs is 3. The molecule has 4 heterocycles. The summed E-state index contributed by atoms with van der Waals surface area (Å²) in [5.41, 5.74) is -1.53. The number of aryl methyl sites for hydroxylation is 1. The quantitative estimate of drug-likeness (QED) is 0.243. The van der Waals surface area contributed by atoms with Crippen LogP contribution in [0.25, 0.3) is 11.0 Å². The second kappa shape index (κ2) is 9.87. The van der Waals surface area contributed by atoms with Gasteiger partial charge in [0.2, 0.25) is 0 Å². The molecule has 0 spiro atoms. The van der Waals surface area contributed by atoms with Crippen molar-refractivity contribution in [2.75, 3.05) is 0 Å². The standard InChI is InChI=1S/C27H26ClF3N4O2S2/c1-2-24-33-22-10-5-17(25(26-32-11-12-38-26)16-3-6-18(28)7-4-16)13-23(22)34(24)21-14-19-8-9-20(15-21)35(19)39(36,37)27(29,30)31/h3-7,10-13,19-21,25H,2,8-9,14-15H2,1H3. The molecule has 2 aromatic heterocycles. The number of nitrogens with zero attached hydrogens (tertiary/aromatic N) is 4. The molecule has 206 valence electrons. The number of rotatable bonds is 6. The lowest BCUT2D eigenvalue weighted by Crippen LogP contribution is -2.51. The van der Waals surface area contributed by atoms with Gasteiger partial charge in [0.05, 0.1) is 17.0 Å². The van der Waals surface area contributed by atoms with Gasteiger partial charge in [0.25, 0.3) is 0 Å². The first kappa shape index (κ1) is 26.7. The van der Waals surface area contributed by atoms with E-state index < -0.39 is 27.6 Å². The molecule has 3 atom stereocenters. The van der Waals surface area contributed by atoms with Gasteiger partial charge in [0.15, 0.2) is 0 Å². The predicted molar refractivity (Wildman–Crippen MR) is 146 cm³/mol. The molecule has 2 aliphatic rings. The Labute approximate surface area is 233 Å². The van der Waals surface area contributed by atoms with Gasteiger partial charge in [-0.15, -0.1) is 11.3 Å². The second-order valence-electron chi connectivity index (χ2n) is 10.1. The number of piperidine rings is 1. The molecule has 2 bridgehead atoms. The van der Waals surface area contributed by atoms with E-state index in [1.165, 1.54) is 0 Å². The van der Waals surface area contributed by atoms with E-state index in [-0.39, 0.29) is 12.0 Å². The Morgan fingerprint density at radius 3 is 2.31 bits per heavy atom. The number of sulfonamides is 1. The summed E-state index contributed by atoms with van der Waals surface area (Å²) < 4.78 is 67.9. The Morgan fingerprint density at radius 2 is 1.72 bits per heavy atom. The van der Waals surface area contributed by atoms with E-state index in [0.717, 1.165) is 37.3 Å². The Morgan fingerprint density at radius 1 is 1.05 bits per heavy atom. The zero-order chi connectivity index (χ0) is 27.5. The molecule has 39 heavy (non-hydrogen) atoms. The molecule has 0 radical (unpaired) electrons. The van der Waals surface area contributed by atoms with Crippen LogP contribution in [0.4, 0.5) is 13.2 Å². The number of hydrogen-bond acceptors (Lipinski definition) is 5. The largest absolute Gasteiger partial charge is 0.511 e. The lowest BCUT2D eigenvalue weighted by atomic mass is 9.91. The van der Waals surface area contributed by atoms with Crippen molar-refractivity contribution in [3.8, 4) is 0 Å². The van der Waals surface area contributed by atoms with Crippen LogP contribution in [0, 0.1) is 0 Å². The first-order chi connectivity index (χ1) is 18.6. The van der Waals surface area contributed by atoms with Crippen molar-refractivity contribution >= 4 is 44.0 Å². The first-order valence-corrected chi connectivity index (χ1v) is 15.5. The highest BCUT2D eigenvalue weighted by Crippen LogP contribution is 2.47. The van der Waals surface area contributed by atoms with Crippen molar-refractivity contribution < 1.29 is 21.6 Å². The first-order valence-electron chi connectivity index (χ1n) is 12.8. The van der Waals surface area contributed by atoms with E-state index in [2.05, 4.69) is 15.6 Å². The van der Waals surface area contributed by atoms with Crippen LogP contribution in [0.5, 0.6) is 0 Å². The summed E-state index contributed by atoms with van der Waals surface area (Å²) >= 11 is 7.72. The highest BCUT2D eigenvalue weighted by Gasteiger charge is 2.58. The zero-order valence-electron chi connectivity index (χ0n) is 21.0. The molecule has 4 aromatic rings. The van der Waals surface area contributed by atoms with Crippen LogP contribution >= 0.6 is 22.9 Å². The van der Waals surface area contributed by atoms with Crippen molar-refractivity contribution in [3.05, 3.63) is 81.0 Å². The van der Waals surface area contributed by atoms with Crippen LogP contribution in [0.15, 0.2) is 54.0 Å². The lowest BCUT2D eigenvalue weighted by Gasteiger charge is -2.39. The number of thiazole rings is 1. The monoisotopic (exact) mass is 594 g/mol. The van der Waals surface area contributed by atoms with Gasteiger partial charge < -0.3 is 4.57 Å². The van der Waals surface area contributed by atoms with Crippen LogP contribution in [-0.4, -0.2) is 44.9 Å². The van der Waals surface area contributed by atoms with Crippen molar-refractivity contribution in [1.82, 2.24) is 18.8 Å². The molecular formula is C27H26ClF3N4O2S2. The van der Waals surface area contributed by atoms with Crippen LogP contribution in [-0.2, 0) is 16.4 Å². The van der Waals surface area contributed by atoms with Gasteiger partial charge in [-0.25, -0.2) is 18.4 Å². The summed E-state index contributed by atoms with van der Waals surface area (Å²) in [6.45, 7) is 2.00. The maximum atomic E-state index is 13.4. The molecule has 2 aliphatic heterocycles. The lowest BCUT2D eigenvalue weighted by molar-refractivity contribution is -0.0517. The van der Waals surface area contributed by atoms with Crippen molar-refractivity contribution in [2.45, 2.75) is 68.6 Å². The fourth-order valence-corrected chi connectivity index (χ4v) is 8.66. The maximum absolute atomic E-state index is 13.4. The molecule has 0 saturated carbocycles. The second-order valence-corrected chi connectivity index (χ2v) is 13.3. The van der Waals surface area contributed by atoms with Gasteiger partial charge in [-0.1, -0.05) is 36.7 Å². The summed E-state index contributed by atoms with van der Waals surface area (Å²) in [6.07, 6.45) is 3.92. The Kier molecular flexibility index (Phi) is 6.76. The van der Waals surface area contributed by atoms with E-state index in [9.17, 15) is 21.6 Å². The van der Waals surface area contributed by atoms with Gasteiger partial charge >= 0.3 is 15.5 Å². The van der Waals surface area contributed by atoms with Crippen molar-refractivity contribution in [3.63, 3.8) is 0 Å². The van der Waals surface area contributed by atoms with Crippen LogP contribution in [0.2, 0.25) is 5.02 Å². The summed E-state index contributed by atoms with van der Waals surface area (Å²) in [7, 11) is -5.37. The molecule has 0 amide bonds. The Hall–Kier alpha value is -2.47. The molecule has 3 unspecified atom stereocenters. The molecule has 0 N–H and O–H groups in total. The van der Waals surface area contributed by atoms with Crippen LogP contribution in [0.3, 0.4) is 0 Å². The molecule has 0 aliphatic carbocycles. The summed E-state index contributed by atoms with van der Waals surface area (Å²) in [5, 5.41) is 3.52. The third-order valence-electron chi connectivity index (χ3n) is 7.91. The van der Waals surface area contributed by atoms with E-state index in [1.54, 1.807) is 17.5 Å². The molecule has 6 rings (SSSR count). The summed E-state index contributed by atoms with van der Waals surface area (Å²) in [6, 6.07) is 12.3. The fraction of sp³-hybridized carbons (Fsp3) is 0.407. The molecule has 2 saturated heterocycles. The molecule has 12 heteroatoms. The molecular weight excluding hydrogens is 569 g/mol. The van der Waals surface area contributed by atoms with Gasteiger partial charge in [-0.3, -0.25) is 0 Å². The van der Waals surface area contributed by atoms with E-state index in [4.69, 9.17) is 16.6 Å². The Balaban J connectivity index is 1.42. The number of hydrogen-bond donors (Lipinski definition) is 0. The maximum Gasteiger partial charge on any atom is 0.511 e. The average molecular weight is 595 g/mol. The SMILES string of the molecule is CCc1nc2ccc(C(c3ccc(Cl)cc3)c3nccs3)cc2n1C1CC2CCC(C1)N2S(=O)(=O)C(F)(F)F. The van der Waals surface area contributed by atoms with Gasteiger partial charge in [0.1, 0.15) is 10.8 Å². The van der Waals surface area contributed by atoms with Crippen molar-refractivity contribution in [2.24, 2.45) is 0 Å². The normalized spacial score (nSPS) is 22.9. The number of imidazole rings is 1. The topological polar surface area (TPSA) is 68.1 Å². The van der Waals surface area contributed by atoms with Crippen molar-refractivity contribution in [1.29, 1.82) is 0 Å². The average Bonchev–Trinajstić information content (AvgIpc) is 3.61. The van der Waals surface area contributed by atoms with E-state index in [1.807, 2.05) is 48.7 Å². The third kappa shape index (κ3) is 4.57. The molecule has 6 nitrogen and oxygen atoms in total. The predicted octanol–water partition coefficient (Wildman–Crippen LogP) is 6.91. The Bertz CT molecular complexity index is 1590. The van der Waals surface area contributed by atoms with Crippen LogP contribution < -0.4 is 0 Å². The van der Waals surface area contributed by atoms with E-state index >= 15 is 0 Å². The summed E-state index contributed by atoms with van der Waals surface area (Å²) in [4.78, 5) is 9.45. The molecule has 2 aromatic carbocycles. The van der Waals surface area contributed by atoms with Crippen LogP contribution in [0.1, 0.15) is 66.5 Å². The molecule has 2 fully saturated rings.